The summed E-state index contributed by atoms with van der Waals surface area (Å²) < 4.78 is 87.6. The van der Waals surface area contributed by atoms with Crippen molar-refractivity contribution in [1.29, 1.82) is 0 Å². The number of rotatable bonds is 11. The van der Waals surface area contributed by atoms with Crippen molar-refractivity contribution in [2.24, 2.45) is 11.8 Å². The van der Waals surface area contributed by atoms with Crippen LogP contribution >= 0.6 is 0 Å². The fourth-order valence-corrected chi connectivity index (χ4v) is 11.8. The summed E-state index contributed by atoms with van der Waals surface area (Å²) in [5.74, 6) is -1.72. The molecule has 4 aromatic rings. The second-order valence-corrected chi connectivity index (χ2v) is 23.5. The maximum Gasteiger partial charge on any atom is 0.308 e. The fraction of sp³-hybridized carbons (Fsp3) is 0.480. The van der Waals surface area contributed by atoms with Crippen LogP contribution in [0.5, 0.6) is 11.5 Å². The van der Waals surface area contributed by atoms with E-state index in [9.17, 15) is 26.4 Å². The molecule has 2 saturated heterocycles. The Morgan fingerprint density at radius 3 is 1.16 bits per heavy atom. The first-order valence-corrected chi connectivity index (χ1v) is 24.7. The Bertz CT molecular complexity index is 2440. The van der Waals surface area contributed by atoms with Crippen molar-refractivity contribution in [1.82, 2.24) is 8.61 Å². The van der Waals surface area contributed by atoms with Crippen molar-refractivity contribution in [2.45, 2.75) is 142 Å². The maximum absolute atomic E-state index is 14.9. The number of esters is 2. The van der Waals surface area contributed by atoms with Gasteiger partial charge in [0.15, 0.2) is 12.5 Å². The topological polar surface area (TPSA) is 146 Å². The first-order valence-electron chi connectivity index (χ1n) is 21.8. The number of ether oxygens (including phenoxy) is 4. The number of aryl methyl sites for hydroxylation is 2. The standard InChI is InChI=1S/C50H64N2O10S2/c1-29(2)43-27-59-47(51(43)63(55,56)37-19-15-31(5)16-20-37)41-25-35(49(9,10)11)23-39(45(41)61-33(7)53)40-24-36(50(12,13)14)26-42(46(40)62-34(8)54)48-52(44(28-60-48)30(3)4)64(57,58)38-21-17-32(6)18-22-38/h15-26,29-30,43-44,47-48H,27-28H2,1-14H3/t43-,44-,47+,48+/m1/s1. The molecule has 2 fully saturated rings. The highest BCUT2D eigenvalue weighted by molar-refractivity contribution is 7.89. The van der Waals surface area contributed by atoms with E-state index in [-0.39, 0.29) is 57.5 Å². The van der Waals surface area contributed by atoms with Crippen LogP contribution in [-0.2, 0) is 49.9 Å². The molecule has 0 saturated carbocycles. The van der Waals surface area contributed by atoms with Crippen LogP contribution in [0.2, 0.25) is 0 Å². The first-order chi connectivity index (χ1) is 29.6. The highest BCUT2D eigenvalue weighted by Crippen LogP contribution is 2.52. The second kappa shape index (κ2) is 18.1. The number of carbonyl (C=O) groups excluding carboxylic acids is 2. The normalized spacial score (nSPS) is 20.3. The van der Waals surface area contributed by atoms with Gasteiger partial charge >= 0.3 is 11.9 Å². The number of carbonyl (C=O) groups is 2. The highest BCUT2D eigenvalue weighted by atomic mass is 32.2. The van der Waals surface area contributed by atoms with E-state index in [0.717, 1.165) is 22.3 Å². The lowest BCUT2D eigenvalue weighted by Gasteiger charge is -2.33. The smallest absolute Gasteiger partial charge is 0.308 e. The monoisotopic (exact) mass is 916 g/mol. The zero-order valence-corrected chi connectivity index (χ0v) is 41.2. The number of benzene rings is 4. The number of hydrogen-bond donors (Lipinski definition) is 0. The van der Waals surface area contributed by atoms with Gasteiger partial charge in [-0.1, -0.05) is 105 Å². The lowest BCUT2D eigenvalue weighted by Crippen LogP contribution is -2.41. The Morgan fingerprint density at radius 1 is 0.578 bits per heavy atom. The molecule has 4 aromatic carbocycles. The van der Waals surface area contributed by atoms with Crippen LogP contribution in [0.4, 0.5) is 0 Å². The Balaban J connectivity index is 1.72. The number of sulfonamides is 2. The van der Waals surface area contributed by atoms with Crippen molar-refractivity contribution >= 4 is 32.0 Å². The summed E-state index contributed by atoms with van der Waals surface area (Å²) in [6.07, 6.45) is -2.51. The van der Waals surface area contributed by atoms with Crippen LogP contribution in [-0.4, -0.2) is 62.7 Å². The number of nitrogens with zero attached hydrogens (tertiary/aromatic N) is 2. The van der Waals surface area contributed by atoms with Gasteiger partial charge in [0.1, 0.15) is 11.5 Å². The van der Waals surface area contributed by atoms with Gasteiger partial charge < -0.3 is 18.9 Å². The minimum atomic E-state index is -4.22. The van der Waals surface area contributed by atoms with Gasteiger partial charge in [-0.25, -0.2) is 16.8 Å². The molecule has 0 spiro atoms. The quantitative estimate of drug-likeness (QED) is 0.105. The Kier molecular flexibility index (Phi) is 13.9. The van der Waals surface area contributed by atoms with Gasteiger partial charge in [0.25, 0.3) is 0 Å². The molecule has 6 rings (SSSR count). The van der Waals surface area contributed by atoms with E-state index in [4.69, 9.17) is 18.9 Å². The van der Waals surface area contributed by atoms with Crippen LogP contribution in [0, 0.1) is 25.7 Å². The lowest BCUT2D eigenvalue weighted by molar-refractivity contribution is -0.133. The highest BCUT2D eigenvalue weighted by Gasteiger charge is 2.49. The van der Waals surface area contributed by atoms with Crippen LogP contribution in [0.3, 0.4) is 0 Å². The first kappa shape index (κ1) is 49.0. The molecule has 0 N–H and O–H groups in total. The van der Waals surface area contributed by atoms with E-state index in [1.165, 1.54) is 22.5 Å². The summed E-state index contributed by atoms with van der Waals surface area (Å²) >= 11 is 0. The third-order valence-electron chi connectivity index (χ3n) is 12.0. The molecule has 0 radical (unpaired) electrons. The second-order valence-electron chi connectivity index (χ2n) is 19.9. The lowest BCUT2D eigenvalue weighted by atomic mass is 9.80. The summed E-state index contributed by atoms with van der Waals surface area (Å²) in [5, 5.41) is 0. The average molecular weight is 917 g/mol. The van der Waals surface area contributed by atoms with Crippen molar-refractivity contribution in [3.8, 4) is 22.6 Å². The molecule has 2 aliphatic heterocycles. The van der Waals surface area contributed by atoms with Crippen molar-refractivity contribution in [2.75, 3.05) is 13.2 Å². The van der Waals surface area contributed by atoms with Gasteiger partial charge in [0, 0.05) is 36.1 Å². The van der Waals surface area contributed by atoms with Gasteiger partial charge in [0.2, 0.25) is 20.0 Å². The molecule has 0 aromatic heterocycles. The van der Waals surface area contributed by atoms with Crippen LogP contribution in [0.25, 0.3) is 11.1 Å². The molecule has 14 heteroatoms. The van der Waals surface area contributed by atoms with Gasteiger partial charge in [-0.2, -0.15) is 8.61 Å². The van der Waals surface area contributed by atoms with E-state index in [1.54, 1.807) is 48.5 Å². The summed E-state index contributed by atoms with van der Waals surface area (Å²) in [6.45, 7) is 26.2. The van der Waals surface area contributed by atoms with E-state index in [0.29, 0.717) is 11.1 Å². The van der Waals surface area contributed by atoms with Crippen molar-refractivity contribution < 1.29 is 45.4 Å². The molecule has 4 atom stereocenters. The summed E-state index contributed by atoms with van der Waals surface area (Å²) in [5.41, 5.74) is 3.26. The molecule has 0 bridgehead atoms. The average Bonchev–Trinajstić information content (AvgIpc) is 3.85. The molecular formula is C50H64N2O10S2. The molecule has 2 heterocycles. The van der Waals surface area contributed by atoms with E-state index in [1.807, 2.05) is 107 Å². The summed E-state index contributed by atoms with van der Waals surface area (Å²) in [7, 11) is -8.45. The van der Waals surface area contributed by atoms with E-state index < -0.39 is 67.4 Å². The van der Waals surface area contributed by atoms with Crippen LogP contribution in [0.15, 0.2) is 82.6 Å². The van der Waals surface area contributed by atoms with Gasteiger partial charge in [-0.05, 0) is 96.2 Å². The minimum absolute atomic E-state index is 0.000883. The molecular weight excluding hydrogens is 853 g/mol. The van der Waals surface area contributed by atoms with Crippen molar-refractivity contribution in [3.63, 3.8) is 0 Å². The molecule has 64 heavy (non-hydrogen) atoms. The molecule has 0 aliphatic carbocycles. The minimum Gasteiger partial charge on any atom is -0.426 e. The van der Waals surface area contributed by atoms with Gasteiger partial charge in [-0.15, -0.1) is 0 Å². The molecule has 0 amide bonds. The van der Waals surface area contributed by atoms with Gasteiger partial charge in [-0.3, -0.25) is 9.59 Å². The molecule has 12 nitrogen and oxygen atoms in total. The largest absolute Gasteiger partial charge is 0.426 e. The predicted molar refractivity (Wildman–Crippen MR) is 247 cm³/mol. The Labute approximate surface area is 380 Å². The Morgan fingerprint density at radius 2 is 0.891 bits per heavy atom. The van der Waals surface area contributed by atoms with E-state index in [2.05, 4.69) is 0 Å². The fourth-order valence-electron chi connectivity index (χ4n) is 8.17. The van der Waals surface area contributed by atoms with Crippen LogP contribution < -0.4 is 9.47 Å². The third kappa shape index (κ3) is 9.73. The predicted octanol–water partition coefficient (Wildman–Crippen LogP) is 9.90. The SMILES string of the molecule is CC(=O)Oc1c(-c2cc(C(C)(C)C)cc([C@@H]3OC[C@H](C(C)C)N3S(=O)(=O)c3ccc(C)cc3)c2OC(C)=O)cc(C(C)(C)C)cc1[C@@H]1OC[C@H](C(C)C)N1S(=O)(=O)c1ccc(C)cc1. The molecule has 346 valence electrons. The maximum atomic E-state index is 14.9. The van der Waals surface area contributed by atoms with Crippen molar-refractivity contribution in [3.05, 3.63) is 106 Å². The zero-order valence-electron chi connectivity index (χ0n) is 39.6. The molecule has 2 aliphatic rings. The third-order valence-corrected chi connectivity index (χ3v) is 15.7. The van der Waals surface area contributed by atoms with Gasteiger partial charge in [0.05, 0.1) is 35.1 Å². The zero-order chi connectivity index (χ0) is 47.4. The number of hydrogen-bond acceptors (Lipinski definition) is 10. The molecule has 0 unspecified atom stereocenters. The van der Waals surface area contributed by atoms with E-state index >= 15 is 0 Å². The van der Waals surface area contributed by atoms with Crippen LogP contribution in [0.1, 0.15) is 129 Å². The summed E-state index contributed by atoms with van der Waals surface area (Å²) in [4.78, 5) is 26.9. The Hall–Kier alpha value is -4.44. The summed E-state index contributed by atoms with van der Waals surface area (Å²) in [6, 6.07) is 19.4.